The summed E-state index contributed by atoms with van der Waals surface area (Å²) in [5.74, 6) is -2.57. The average Bonchev–Trinajstić information content (AvgIpc) is 2.64. The van der Waals surface area contributed by atoms with Gasteiger partial charge in [0.05, 0.1) is 0 Å². The Morgan fingerprint density at radius 2 is 1.88 bits per heavy atom. The lowest BCUT2D eigenvalue weighted by atomic mass is 10.0. The van der Waals surface area contributed by atoms with Gasteiger partial charge in [0, 0.05) is 13.1 Å². The number of carbonyl (C=O) groups is 2. The number of aromatic nitrogens is 1. The Morgan fingerprint density at radius 1 is 1.19 bits per heavy atom. The fraction of sp³-hybridized carbons (Fsp3) is 0.381. The van der Waals surface area contributed by atoms with Crippen molar-refractivity contribution in [3.63, 3.8) is 0 Å². The number of amides is 2. The van der Waals surface area contributed by atoms with Crippen LogP contribution in [0.15, 0.2) is 30.5 Å². The van der Waals surface area contributed by atoms with Crippen LogP contribution in [0.25, 0.3) is 11.1 Å². The molecule has 1 heterocycles. The molecule has 2 rings (SSSR count). The molecule has 174 valence electrons. The summed E-state index contributed by atoms with van der Waals surface area (Å²) in [7, 11) is 0. The lowest BCUT2D eigenvalue weighted by molar-refractivity contribution is -0.139. The van der Waals surface area contributed by atoms with Gasteiger partial charge in [-0.15, -0.1) is 0 Å². The minimum absolute atomic E-state index is 0.0155. The van der Waals surface area contributed by atoms with Crippen molar-refractivity contribution in [3.05, 3.63) is 41.8 Å². The molecule has 3 N–H and O–H groups in total. The summed E-state index contributed by atoms with van der Waals surface area (Å²) in [5, 5.41) is 2.41. The standard InChI is InChI=1S/C21H23F4N3O4/c1-11(2)6-15(32-20(26)30)10-31-19-16(21(23,24)25)7-14(8-17(19)22)13-4-5-27-18(9-13)28-12(3)29/h4-5,7-9,11,15H,6,10H2,1-3H3,(H2,26,30)(H,27,28,29)/t15-/m0/s1. The highest BCUT2D eigenvalue weighted by Gasteiger charge is 2.37. The first-order valence-corrected chi connectivity index (χ1v) is 9.60. The molecule has 7 nitrogen and oxygen atoms in total. The van der Waals surface area contributed by atoms with Gasteiger partial charge in [-0.3, -0.25) is 4.79 Å². The molecule has 0 bridgehead atoms. The van der Waals surface area contributed by atoms with Crippen LogP contribution in [-0.2, 0) is 15.7 Å². The molecule has 0 unspecified atom stereocenters. The Hall–Kier alpha value is -3.37. The molecular weight excluding hydrogens is 434 g/mol. The van der Waals surface area contributed by atoms with Crippen LogP contribution in [0.2, 0.25) is 0 Å². The molecular formula is C21H23F4N3O4. The van der Waals surface area contributed by atoms with Gasteiger partial charge in [-0.1, -0.05) is 13.8 Å². The molecule has 0 fully saturated rings. The lowest BCUT2D eigenvalue weighted by Crippen LogP contribution is -2.30. The van der Waals surface area contributed by atoms with Crippen LogP contribution >= 0.6 is 0 Å². The number of alkyl halides is 3. The first-order chi connectivity index (χ1) is 14.9. The number of ether oxygens (including phenoxy) is 2. The van der Waals surface area contributed by atoms with Gasteiger partial charge in [-0.2, -0.15) is 13.2 Å². The first-order valence-electron chi connectivity index (χ1n) is 9.60. The number of hydrogen-bond acceptors (Lipinski definition) is 5. The Bertz CT molecular complexity index is 980. The average molecular weight is 457 g/mol. The van der Waals surface area contributed by atoms with Crippen molar-refractivity contribution < 1.29 is 36.6 Å². The van der Waals surface area contributed by atoms with Gasteiger partial charge in [0.25, 0.3) is 0 Å². The van der Waals surface area contributed by atoms with E-state index in [-0.39, 0.29) is 29.3 Å². The molecule has 0 spiro atoms. The van der Waals surface area contributed by atoms with Gasteiger partial charge in [-0.25, -0.2) is 14.2 Å². The monoisotopic (exact) mass is 457 g/mol. The van der Waals surface area contributed by atoms with Crippen LogP contribution < -0.4 is 15.8 Å². The van der Waals surface area contributed by atoms with Gasteiger partial charge in [0.15, 0.2) is 11.6 Å². The second-order valence-corrected chi connectivity index (χ2v) is 7.44. The van der Waals surface area contributed by atoms with Crippen molar-refractivity contribution in [2.24, 2.45) is 11.7 Å². The zero-order valence-corrected chi connectivity index (χ0v) is 17.6. The van der Waals surface area contributed by atoms with Crippen LogP contribution in [0.1, 0.15) is 32.8 Å². The third-order valence-electron chi connectivity index (χ3n) is 4.18. The van der Waals surface area contributed by atoms with Crippen LogP contribution in [0.4, 0.5) is 28.2 Å². The highest BCUT2D eigenvalue weighted by atomic mass is 19.4. The summed E-state index contributed by atoms with van der Waals surface area (Å²) in [6.45, 7) is 4.34. The van der Waals surface area contributed by atoms with Crippen LogP contribution in [0.5, 0.6) is 5.75 Å². The number of anilines is 1. The minimum Gasteiger partial charge on any atom is -0.486 e. The molecule has 0 radical (unpaired) electrons. The largest absolute Gasteiger partial charge is 0.486 e. The Balaban J connectivity index is 2.41. The van der Waals surface area contributed by atoms with E-state index in [2.05, 4.69) is 10.3 Å². The van der Waals surface area contributed by atoms with Gasteiger partial charge in [-0.05, 0) is 47.7 Å². The Kier molecular flexibility index (Phi) is 8.01. The summed E-state index contributed by atoms with van der Waals surface area (Å²) < 4.78 is 65.8. The van der Waals surface area contributed by atoms with Crippen molar-refractivity contribution in [1.82, 2.24) is 4.98 Å². The smallest absolute Gasteiger partial charge is 0.420 e. The normalized spacial score (nSPS) is 12.4. The van der Waals surface area contributed by atoms with Gasteiger partial charge in [0.2, 0.25) is 5.91 Å². The van der Waals surface area contributed by atoms with E-state index in [9.17, 15) is 27.2 Å². The first kappa shape index (κ1) is 24.9. The summed E-state index contributed by atoms with van der Waals surface area (Å²) in [4.78, 5) is 26.1. The number of nitrogens with zero attached hydrogens (tertiary/aromatic N) is 1. The zero-order valence-electron chi connectivity index (χ0n) is 17.6. The maximum Gasteiger partial charge on any atom is 0.420 e. The highest BCUT2D eigenvalue weighted by molar-refractivity contribution is 5.88. The number of benzene rings is 1. The van der Waals surface area contributed by atoms with Crippen molar-refractivity contribution in [2.45, 2.75) is 39.5 Å². The molecule has 0 aliphatic rings. The van der Waals surface area contributed by atoms with Crippen molar-refractivity contribution in [3.8, 4) is 16.9 Å². The third-order valence-corrected chi connectivity index (χ3v) is 4.18. The summed E-state index contributed by atoms with van der Waals surface area (Å²) in [6, 6.07) is 4.30. The molecule has 1 atom stereocenters. The van der Waals surface area contributed by atoms with E-state index in [1.54, 1.807) is 13.8 Å². The number of nitrogens with two attached hydrogens (primary N) is 1. The molecule has 32 heavy (non-hydrogen) atoms. The van der Waals surface area contributed by atoms with Crippen molar-refractivity contribution in [2.75, 3.05) is 11.9 Å². The van der Waals surface area contributed by atoms with E-state index in [1.807, 2.05) is 0 Å². The van der Waals surface area contributed by atoms with Crippen LogP contribution in [0.3, 0.4) is 0 Å². The zero-order chi connectivity index (χ0) is 24.1. The van der Waals surface area contributed by atoms with Gasteiger partial charge >= 0.3 is 12.3 Å². The van der Waals surface area contributed by atoms with Crippen molar-refractivity contribution in [1.29, 1.82) is 0 Å². The van der Waals surface area contributed by atoms with E-state index in [0.29, 0.717) is 0 Å². The number of hydrogen-bond donors (Lipinski definition) is 2. The van der Waals surface area contributed by atoms with Gasteiger partial charge in [0.1, 0.15) is 24.1 Å². The van der Waals surface area contributed by atoms with Gasteiger partial charge < -0.3 is 20.5 Å². The molecule has 1 aromatic carbocycles. The molecule has 0 saturated carbocycles. The number of primary amides is 1. The fourth-order valence-corrected chi connectivity index (χ4v) is 2.99. The molecule has 2 amide bonds. The Morgan fingerprint density at radius 3 is 2.44 bits per heavy atom. The number of pyridine rings is 1. The molecule has 1 aromatic heterocycles. The minimum atomic E-state index is -4.93. The number of rotatable bonds is 8. The van der Waals surface area contributed by atoms with E-state index < -0.39 is 48.0 Å². The quantitative estimate of drug-likeness (QED) is 0.557. The SMILES string of the molecule is CC(=O)Nc1cc(-c2cc(F)c(OC[C@H](CC(C)C)OC(N)=O)c(C(F)(F)F)c2)ccn1. The topological polar surface area (TPSA) is 104 Å². The summed E-state index contributed by atoms with van der Waals surface area (Å²) in [5.41, 5.74) is 3.76. The second-order valence-electron chi connectivity index (χ2n) is 7.44. The van der Waals surface area contributed by atoms with Crippen LogP contribution in [-0.4, -0.2) is 29.7 Å². The fourth-order valence-electron chi connectivity index (χ4n) is 2.99. The Labute approximate surface area is 181 Å². The predicted molar refractivity (Wildman–Crippen MR) is 108 cm³/mol. The lowest BCUT2D eigenvalue weighted by Gasteiger charge is -2.21. The van der Waals surface area contributed by atoms with E-state index in [4.69, 9.17) is 15.2 Å². The van der Waals surface area contributed by atoms with E-state index >= 15 is 0 Å². The number of nitrogens with one attached hydrogen (secondary N) is 1. The third kappa shape index (κ3) is 7.10. The highest BCUT2D eigenvalue weighted by Crippen LogP contribution is 2.41. The second kappa shape index (κ2) is 10.3. The maximum atomic E-state index is 14.8. The summed E-state index contributed by atoms with van der Waals surface area (Å²) >= 11 is 0. The van der Waals surface area contributed by atoms with Crippen molar-refractivity contribution >= 4 is 17.8 Å². The maximum absolute atomic E-state index is 14.8. The molecule has 0 aliphatic carbocycles. The molecule has 11 heteroatoms. The predicted octanol–water partition coefficient (Wildman–Crippen LogP) is 4.75. The molecule has 2 aromatic rings. The van der Waals surface area contributed by atoms with E-state index in [1.165, 1.54) is 25.3 Å². The summed E-state index contributed by atoms with van der Waals surface area (Å²) in [6.07, 6.45) is -5.47. The number of halogens is 4. The van der Waals surface area contributed by atoms with Crippen LogP contribution in [0, 0.1) is 11.7 Å². The number of carbonyl (C=O) groups excluding carboxylic acids is 2. The van der Waals surface area contributed by atoms with E-state index in [0.717, 1.165) is 12.1 Å². The molecule has 0 saturated heterocycles. The molecule has 0 aliphatic heterocycles.